The molecule has 4 rings (SSSR count). The Bertz CT molecular complexity index is 1150. The fourth-order valence-electron chi connectivity index (χ4n) is 3.23. The Labute approximate surface area is 187 Å². The summed E-state index contributed by atoms with van der Waals surface area (Å²) in [5.74, 6) is 1.82. The smallest absolute Gasteiger partial charge is 0.247 e. The van der Waals surface area contributed by atoms with Gasteiger partial charge in [0.15, 0.2) is 11.5 Å². The molecule has 6 heteroatoms. The van der Waals surface area contributed by atoms with E-state index in [1.807, 2.05) is 92.0 Å². The van der Waals surface area contributed by atoms with Crippen molar-refractivity contribution in [3.05, 3.63) is 90.5 Å². The Kier molecular flexibility index (Phi) is 6.41. The maximum absolute atomic E-state index is 5.37. The number of hydrogen-bond acceptors (Lipinski definition) is 6. The Balaban J connectivity index is 1.69. The zero-order chi connectivity index (χ0) is 22.3. The molecule has 0 atom stereocenters. The predicted molar refractivity (Wildman–Crippen MR) is 128 cm³/mol. The first-order chi connectivity index (χ1) is 15.7. The van der Waals surface area contributed by atoms with Gasteiger partial charge < -0.3 is 9.47 Å². The van der Waals surface area contributed by atoms with Crippen LogP contribution in [0.4, 0.5) is 5.95 Å². The van der Waals surface area contributed by atoms with Crippen LogP contribution in [-0.4, -0.2) is 37.4 Å². The summed E-state index contributed by atoms with van der Waals surface area (Å²) in [6, 6.07) is 27.7. The van der Waals surface area contributed by atoms with E-state index in [9.17, 15) is 0 Å². The van der Waals surface area contributed by atoms with Crippen LogP contribution in [0, 0.1) is 0 Å². The van der Waals surface area contributed by atoms with Crippen LogP contribution in [0.5, 0.6) is 11.5 Å². The lowest BCUT2D eigenvalue weighted by atomic mass is 10.1. The minimum atomic E-state index is 0.502. The van der Waals surface area contributed by atoms with Crippen molar-refractivity contribution in [3.8, 4) is 34.0 Å². The summed E-state index contributed by atoms with van der Waals surface area (Å²) in [7, 11) is 5.05. The van der Waals surface area contributed by atoms with E-state index in [1.54, 1.807) is 25.4 Å². The van der Waals surface area contributed by atoms with E-state index in [0.717, 1.165) is 28.1 Å². The van der Waals surface area contributed by atoms with E-state index in [2.05, 4.69) is 5.10 Å². The molecule has 0 bridgehead atoms. The molecule has 0 unspecified atom stereocenters. The molecule has 0 saturated heterocycles. The molecule has 1 aromatic heterocycles. The lowest BCUT2D eigenvalue weighted by Crippen LogP contribution is -2.13. The summed E-state index contributed by atoms with van der Waals surface area (Å²) in [6.45, 7) is 0. The van der Waals surface area contributed by atoms with E-state index in [0.29, 0.717) is 17.4 Å². The zero-order valence-electron chi connectivity index (χ0n) is 18.3. The summed E-state index contributed by atoms with van der Waals surface area (Å²) < 4.78 is 10.7. The van der Waals surface area contributed by atoms with Crippen LogP contribution in [0.1, 0.15) is 5.56 Å². The maximum atomic E-state index is 5.37. The van der Waals surface area contributed by atoms with Crippen LogP contribution in [-0.2, 0) is 0 Å². The van der Waals surface area contributed by atoms with Crippen molar-refractivity contribution in [1.29, 1.82) is 0 Å². The van der Waals surface area contributed by atoms with Crippen LogP contribution in [0.15, 0.2) is 90.0 Å². The number of hydrogen-bond donors (Lipinski definition) is 0. The fourth-order valence-corrected chi connectivity index (χ4v) is 3.23. The van der Waals surface area contributed by atoms with Crippen molar-refractivity contribution < 1.29 is 9.47 Å². The van der Waals surface area contributed by atoms with Gasteiger partial charge in [-0.3, -0.25) is 0 Å². The summed E-state index contributed by atoms with van der Waals surface area (Å²) in [6.07, 6.45) is 1.74. The number of rotatable bonds is 7. The lowest BCUT2D eigenvalue weighted by molar-refractivity contribution is 0.355. The second kappa shape index (κ2) is 9.75. The molecule has 160 valence electrons. The molecule has 0 saturated carbocycles. The molecule has 0 aliphatic heterocycles. The molecular formula is C26H24N4O2. The minimum absolute atomic E-state index is 0.502. The van der Waals surface area contributed by atoms with Gasteiger partial charge in [0.25, 0.3) is 0 Å². The minimum Gasteiger partial charge on any atom is -0.493 e. The van der Waals surface area contributed by atoms with Crippen molar-refractivity contribution >= 4 is 12.2 Å². The van der Waals surface area contributed by atoms with Gasteiger partial charge in [0, 0.05) is 18.2 Å². The average molecular weight is 425 g/mol. The van der Waals surface area contributed by atoms with Crippen molar-refractivity contribution in [2.45, 2.75) is 0 Å². The molecule has 1 heterocycles. The van der Waals surface area contributed by atoms with Crippen LogP contribution in [0.25, 0.3) is 22.5 Å². The van der Waals surface area contributed by atoms with Crippen molar-refractivity contribution in [2.24, 2.45) is 5.10 Å². The molecule has 6 nitrogen and oxygen atoms in total. The second-order valence-electron chi connectivity index (χ2n) is 7.05. The van der Waals surface area contributed by atoms with Crippen LogP contribution in [0.3, 0.4) is 0 Å². The van der Waals surface area contributed by atoms with Crippen LogP contribution < -0.4 is 14.5 Å². The number of benzene rings is 3. The van der Waals surface area contributed by atoms with Gasteiger partial charge in [0.2, 0.25) is 5.95 Å². The van der Waals surface area contributed by atoms with Crippen LogP contribution >= 0.6 is 0 Å². The number of anilines is 1. The molecule has 0 aliphatic rings. The van der Waals surface area contributed by atoms with Gasteiger partial charge >= 0.3 is 0 Å². The maximum Gasteiger partial charge on any atom is 0.247 e. The largest absolute Gasteiger partial charge is 0.493 e. The third kappa shape index (κ3) is 4.75. The normalized spacial score (nSPS) is 10.8. The number of aromatic nitrogens is 2. The standard InChI is InChI=1S/C26H24N4O2/c1-30(27-18-19-14-15-24(31-2)25(16-19)32-3)26-28-22(20-10-6-4-7-11-20)17-23(29-26)21-12-8-5-9-13-21/h4-18H,1-3H3/b27-18-. The highest BCUT2D eigenvalue weighted by atomic mass is 16.5. The molecule has 3 aromatic carbocycles. The summed E-state index contributed by atoms with van der Waals surface area (Å²) >= 11 is 0. The highest BCUT2D eigenvalue weighted by Crippen LogP contribution is 2.28. The quantitative estimate of drug-likeness (QED) is 0.298. The zero-order valence-corrected chi connectivity index (χ0v) is 18.3. The Morgan fingerprint density at radius 3 is 1.81 bits per heavy atom. The van der Waals surface area contributed by atoms with E-state index < -0.39 is 0 Å². The first-order valence-electron chi connectivity index (χ1n) is 10.2. The molecule has 0 aliphatic carbocycles. The number of nitrogens with zero attached hydrogens (tertiary/aromatic N) is 4. The number of hydrazone groups is 1. The molecule has 0 amide bonds. The van der Waals surface area contributed by atoms with E-state index >= 15 is 0 Å². The molecule has 4 aromatic rings. The lowest BCUT2D eigenvalue weighted by Gasteiger charge is -2.14. The second-order valence-corrected chi connectivity index (χ2v) is 7.05. The molecule has 0 radical (unpaired) electrons. The van der Waals surface area contributed by atoms with Gasteiger partial charge in [-0.25, -0.2) is 15.0 Å². The van der Waals surface area contributed by atoms with Gasteiger partial charge in [-0.15, -0.1) is 0 Å². The third-order valence-corrected chi connectivity index (χ3v) is 4.93. The summed E-state index contributed by atoms with van der Waals surface area (Å²) in [5.41, 5.74) is 4.58. The Hall–Kier alpha value is -4.19. The monoisotopic (exact) mass is 424 g/mol. The fraction of sp³-hybridized carbons (Fsp3) is 0.115. The SMILES string of the molecule is COc1ccc(/C=N\N(C)c2nc(-c3ccccc3)cc(-c3ccccc3)n2)cc1OC. The topological polar surface area (TPSA) is 59.8 Å². The number of ether oxygens (including phenoxy) is 2. The molecule has 0 N–H and O–H groups in total. The van der Waals surface area contributed by atoms with Gasteiger partial charge in [0.1, 0.15) is 0 Å². The predicted octanol–water partition coefficient (Wildman–Crippen LogP) is 5.30. The summed E-state index contributed by atoms with van der Waals surface area (Å²) in [5, 5.41) is 6.21. The molecular weight excluding hydrogens is 400 g/mol. The van der Waals surface area contributed by atoms with Gasteiger partial charge in [-0.05, 0) is 29.8 Å². The van der Waals surface area contributed by atoms with E-state index in [4.69, 9.17) is 19.4 Å². The molecule has 0 spiro atoms. The van der Waals surface area contributed by atoms with Gasteiger partial charge in [0.05, 0.1) is 31.8 Å². The van der Waals surface area contributed by atoms with Gasteiger partial charge in [-0.2, -0.15) is 5.10 Å². The van der Waals surface area contributed by atoms with E-state index in [-0.39, 0.29) is 0 Å². The van der Waals surface area contributed by atoms with Crippen molar-refractivity contribution in [3.63, 3.8) is 0 Å². The Morgan fingerprint density at radius 1 is 0.719 bits per heavy atom. The molecule has 32 heavy (non-hydrogen) atoms. The molecule has 0 fully saturated rings. The van der Waals surface area contributed by atoms with Crippen molar-refractivity contribution in [2.75, 3.05) is 26.3 Å². The third-order valence-electron chi connectivity index (χ3n) is 4.93. The highest BCUT2D eigenvalue weighted by molar-refractivity contribution is 5.81. The first-order valence-corrected chi connectivity index (χ1v) is 10.2. The van der Waals surface area contributed by atoms with Crippen LogP contribution in [0.2, 0.25) is 0 Å². The van der Waals surface area contributed by atoms with Crippen molar-refractivity contribution in [1.82, 2.24) is 9.97 Å². The average Bonchev–Trinajstić information content (AvgIpc) is 2.87. The van der Waals surface area contributed by atoms with Gasteiger partial charge in [-0.1, -0.05) is 60.7 Å². The Morgan fingerprint density at radius 2 is 1.28 bits per heavy atom. The highest BCUT2D eigenvalue weighted by Gasteiger charge is 2.11. The first kappa shape index (κ1) is 21.1. The summed E-state index contributed by atoms with van der Waals surface area (Å²) in [4.78, 5) is 9.52. The van der Waals surface area contributed by atoms with E-state index in [1.165, 1.54) is 0 Å². The number of methoxy groups -OCH3 is 2.